The molecule has 31 heavy (non-hydrogen) atoms. The highest BCUT2D eigenvalue weighted by atomic mass is 32.1. The van der Waals surface area contributed by atoms with E-state index in [2.05, 4.69) is 25.4 Å². The minimum absolute atomic E-state index is 0.0623. The van der Waals surface area contributed by atoms with E-state index in [1.54, 1.807) is 13.8 Å². The molecule has 1 aromatic heterocycles. The first-order valence-corrected chi connectivity index (χ1v) is 9.52. The van der Waals surface area contributed by atoms with E-state index in [0.717, 1.165) is 11.3 Å². The summed E-state index contributed by atoms with van der Waals surface area (Å²) in [5, 5.41) is 29.0. The van der Waals surface area contributed by atoms with E-state index in [9.17, 15) is 24.6 Å². The standard InChI is InChI=1S/C19H17N5O6S/c1-5-30-18(29)15-9(2)21-19(31-15)22-16(26)13(10(3)25)23-24-14-11(17(27)28)7-6-8-12(14)20-4/h6-8,25H,5H2,1-3H3,(H,27,28)(H,21,22,26). The number of benzene rings is 1. The highest BCUT2D eigenvalue weighted by molar-refractivity contribution is 7.17. The molecule has 0 aliphatic rings. The van der Waals surface area contributed by atoms with Gasteiger partial charge < -0.3 is 14.9 Å². The first-order chi connectivity index (χ1) is 14.7. The number of amides is 1. The zero-order chi connectivity index (χ0) is 23.1. The smallest absolute Gasteiger partial charge is 0.350 e. The Morgan fingerprint density at radius 3 is 2.61 bits per heavy atom. The Morgan fingerprint density at radius 2 is 2.03 bits per heavy atom. The number of esters is 1. The number of allylic oxidation sites excluding steroid dienone is 1. The molecule has 1 heterocycles. The van der Waals surface area contributed by atoms with Crippen LogP contribution in [0.5, 0.6) is 0 Å². The Morgan fingerprint density at radius 1 is 1.32 bits per heavy atom. The van der Waals surface area contributed by atoms with Crippen LogP contribution in [-0.2, 0) is 9.53 Å². The summed E-state index contributed by atoms with van der Waals surface area (Å²) in [6, 6.07) is 3.96. The Bertz CT molecular complexity index is 1140. The zero-order valence-electron chi connectivity index (χ0n) is 16.7. The van der Waals surface area contributed by atoms with Gasteiger partial charge in [-0.2, -0.15) is 5.11 Å². The van der Waals surface area contributed by atoms with Gasteiger partial charge >= 0.3 is 11.9 Å². The number of aromatic carboxylic acids is 1. The lowest BCUT2D eigenvalue weighted by Crippen LogP contribution is -2.14. The largest absolute Gasteiger partial charge is 0.510 e. The Hall–Kier alpha value is -4.11. The predicted molar refractivity (Wildman–Crippen MR) is 111 cm³/mol. The fourth-order valence-electron chi connectivity index (χ4n) is 2.27. The number of hydrogen-bond donors (Lipinski definition) is 3. The van der Waals surface area contributed by atoms with Crippen LogP contribution < -0.4 is 5.32 Å². The number of anilines is 1. The van der Waals surface area contributed by atoms with Gasteiger partial charge in [-0.15, -0.1) is 5.11 Å². The molecule has 1 amide bonds. The normalized spacial score (nSPS) is 11.5. The number of aliphatic hydroxyl groups is 1. The van der Waals surface area contributed by atoms with Gasteiger partial charge in [-0.25, -0.2) is 19.4 Å². The molecule has 0 saturated heterocycles. The average molecular weight is 443 g/mol. The number of carboxylic acids is 1. The molecular formula is C19H17N5O6S. The van der Waals surface area contributed by atoms with Gasteiger partial charge in [0.25, 0.3) is 5.91 Å². The Kier molecular flexibility index (Phi) is 7.53. The fourth-order valence-corrected chi connectivity index (χ4v) is 3.13. The van der Waals surface area contributed by atoms with E-state index in [1.807, 2.05) is 0 Å². The third-order valence-corrected chi connectivity index (χ3v) is 4.70. The number of rotatable bonds is 7. The lowest BCUT2D eigenvalue weighted by atomic mass is 10.1. The number of carbonyl (C=O) groups excluding carboxylic acids is 2. The third-order valence-electron chi connectivity index (χ3n) is 3.65. The summed E-state index contributed by atoms with van der Waals surface area (Å²) in [4.78, 5) is 43.3. The molecular weight excluding hydrogens is 426 g/mol. The number of carboxylic acid groups (broad SMARTS) is 1. The monoisotopic (exact) mass is 443 g/mol. The van der Waals surface area contributed by atoms with Crippen molar-refractivity contribution in [2.24, 2.45) is 10.2 Å². The number of azo groups is 1. The SMILES string of the molecule is [C-]#[N+]c1cccc(C(=O)O)c1N=NC(C(=O)Nc1nc(C)c(C(=O)OCC)s1)=C(C)O. The molecule has 0 aliphatic carbocycles. The maximum Gasteiger partial charge on any atom is 0.350 e. The number of hydrogen-bond acceptors (Lipinski definition) is 9. The van der Waals surface area contributed by atoms with Gasteiger partial charge in [0.2, 0.25) is 5.69 Å². The van der Waals surface area contributed by atoms with E-state index < -0.39 is 29.3 Å². The van der Waals surface area contributed by atoms with E-state index in [-0.39, 0.29) is 33.6 Å². The van der Waals surface area contributed by atoms with Gasteiger partial charge in [0.15, 0.2) is 10.8 Å². The lowest BCUT2D eigenvalue weighted by molar-refractivity contribution is -0.113. The molecule has 2 rings (SSSR count). The molecule has 12 heteroatoms. The molecule has 0 saturated carbocycles. The van der Waals surface area contributed by atoms with Crippen LogP contribution in [-0.4, -0.2) is 39.6 Å². The second kappa shape index (κ2) is 10.1. The van der Waals surface area contributed by atoms with Crippen molar-refractivity contribution >= 4 is 45.7 Å². The van der Waals surface area contributed by atoms with Gasteiger partial charge in [0.05, 0.1) is 24.4 Å². The summed E-state index contributed by atoms with van der Waals surface area (Å²) in [6.07, 6.45) is 0. The number of nitrogens with zero attached hydrogens (tertiary/aromatic N) is 4. The van der Waals surface area contributed by atoms with Crippen molar-refractivity contribution in [1.29, 1.82) is 0 Å². The highest BCUT2D eigenvalue weighted by Gasteiger charge is 2.21. The molecule has 0 aliphatic heterocycles. The first-order valence-electron chi connectivity index (χ1n) is 8.70. The van der Waals surface area contributed by atoms with Crippen molar-refractivity contribution in [2.75, 3.05) is 11.9 Å². The molecule has 0 radical (unpaired) electrons. The number of carbonyl (C=O) groups is 3. The number of thiazole rings is 1. The van der Waals surface area contributed by atoms with E-state index in [4.69, 9.17) is 11.3 Å². The summed E-state index contributed by atoms with van der Waals surface area (Å²) in [5.41, 5.74) is -0.813. The van der Waals surface area contributed by atoms with Crippen LogP contribution in [0, 0.1) is 13.5 Å². The predicted octanol–water partition coefficient (Wildman–Crippen LogP) is 4.39. The van der Waals surface area contributed by atoms with Crippen LogP contribution in [0.4, 0.5) is 16.5 Å². The molecule has 11 nitrogen and oxygen atoms in total. The molecule has 0 atom stereocenters. The van der Waals surface area contributed by atoms with Crippen LogP contribution in [0.3, 0.4) is 0 Å². The lowest BCUT2D eigenvalue weighted by Gasteiger charge is -2.05. The molecule has 0 unspecified atom stereocenters. The zero-order valence-corrected chi connectivity index (χ0v) is 17.5. The van der Waals surface area contributed by atoms with Crippen LogP contribution in [0.25, 0.3) is 4.85 Å². The number of aromatic nitrogens is 1. The topological polar surface area (TPSA) is 155 Å². The van der Waals surface area contributed by atoms with E-state index >= 15 is 0 Å². The minimum atomic E-state index is -1.33. The minimum Gasteiger partial charge on any atom is -0.510 e. The van der Waals surface area contributed by atoms with Crippen LogP contribution in [0.2, 0.25) is 0 Å². The third kappa shape index (κ3) is 5.49. The molecule has 0 spiro atoms. The summed E-state index contributed by atoms with van der Waals surface area (Å²) in [6.45, 7) is 11.7. The van der Waals surface area contributed by atoms with Crippen molar-refractivity contribution in [1.82, 2.24) is 4.98 Å². The highest BCUT2D eigenvalue weighted by Crippen LogP contribution is 2.33. The van der Waals surface area contributed by atoms with Crippen LogP contribution >= 0.6 is 11.3 Å². The fraction of sp³-hybridized carbons (Fsp3) is 0.211. The van der Waals surface area contributed by atoms with Crippen molar-refractivity contribution in [2.45, 2.75) is 20.8 Å². The maximum absolute atomic E-state index is 12.6. The molecule has 2 aromatic rings. The van der Waals surface area contributed by atoms with Gasteiger partial charge in [-0.1, -0.05) is 23.5 Å². The average Bonchev–Trinajstić information content (AvgIpc) is 3.07. The number of aliphatic hydroxyl groups excluding tert-OH is 1. The molecule has 160 valence electrons. The van der Waals surface area contributed by atoms with Crippen molar-refractivity contribution in [3.8, 4) is 0 Å². The van der Waals surface area contributed by atoms with Crippen LogP contribution in [0.1, 0.15) is 39.6 Å². The summed E-state index contributed by atoms with van der Waals surface area (Å²) >= 11 is 0.880. The Labute approximate surface area is 180 Å². The second-order valence-corrected chi connectivity index (χ2v) is 6.83. The summed E-state index contributed by atoms with van der Waals surface area (Å²) < 4.78 is 4.92. The van der Waals surface area contributed by atoms with Crippen molar-refractivity contribution < 1.29 is 29.3 Å². The van der Waals surface area contributed by atoms with Crippen molar-refractivity contribution in [3.05, 3.63) is 57.2 Å². The molecule has 1 aromatic carbocycles. The second-order valence-electron chi connectivity index (χ2n) is 5.83. The van der Waals surface area contributed by atoms with Gasteiger partial charge in [0, 0.05) is 0 Å². The quantitative estimate of drug-likeness (QED) is 0.188. The van der Waals surface area contributed by atoms with Gasteiger partial charge in [-0.05, 0) is 26.8 Å². The number of ether oxygens (including phenoxy) is 1. The maximum atomic E-state index is 12.6. The number of nitrogens with one attached hydrogen (secondary N) is 1. The number of aryl methyl sites for hydroxylation is 1. The Balaban J connectivity index is 2.34. The van der Waals surface area contributed by atoms with Gasteiger partial charge in [-0.3, -0.25) is 10.1 Å². The molecule has 0 bridgehead atoms. The van der Waals surface area contributed by atoms with Crippen molar-refractivity contribution in [3.63, 3.8) is 0 Å². The molecule has 3 N–H and O–H groups in total. The summed E-state index contributed by atoms with van der Waals surface area (Å²) in [5.74, 6) is -3.31. The van der Waals surface area contributed by atoms with Gasteiger partial charge in [0.1, 0.15) is 16.3 Å². The first kappa shape index (κ1) is 23.2. The molecule has 0 fully saturated rings. The van der Waals surface area contributed by atoms with Crippen LogP contribution in [0.15, 0.2) is 39.9 Å². The van der Waals surface area contributed by atoms with E-state index in [0.29, 0.717) is 5.69 Å². The summed E-state index contributed by atoms with van der Waals surface area (Å²) in [7, 11) is 0. The van der Waals surface area contributed by atoms with E-state index in [1.165, 1.54) is 25.1 Å².